The highest BCUT2D eigenvalue weighted by atomic mass is 35.5. The Bertz CT molecular complexity index is 583. The van der Waals surface area contributed by atoms with Crippen molar-refractivity contribution in [3.63, 3.8) is 0 Å². The molecule has 0 saturated carbocycles. The van der Waals surface area contributed by atoms with Crippen LogP contribution >= 0.6 is 11.6 Å². The number of halogens is 1. The Kier molecular flexibility index (Phi) is 5.54. The first kappa shape index (κ1) is 16.2. The minimum Gasteiger partial charge on any atom is -0.383 e. The minimum atomic E-state index is -3.75. The van der Waals surface area contributed by atoms with Gasteiger partial charge in [-0.25, -0.2) is 13.1 Å². The molecular formula is C11H17ClN2O4S. The van der Waals surface area contributed by atoms with Crippen LogP contribution in [-0.4, -0.2) is 33.2 Å². The summed E-state index contributed by atoms with van der Waals surface area (Å²) in [5.74, 6) is 0.0629. The number of aromatic nitrogens is 1. The van der Waals surface area contributed by atoms with E-state index in [1.807, 2.05) is 13.8 Å². The van der Waals surface area contributed by atoms with Crippen LogP contribution in [0.3, 0.4) is 0 Å². The molecule has 1 unspecified atom stereocenters. The summed E-state index contributed by atoms with van der Waals surface area (Å²) in [6.07, 6.45) is 1.11. The van der Waals surface area contributed by atoms with Crippen LogP contribution in [0.2, 0.25) is 5.02 Å². The maximum absolute atomic E-state index is 12.1. The molecule has 1 rings (SSSR count). The van der Waals surface area contributed by atoms with E-state index in [0.29, 0.717) is 0 Å². The van der Waals surface area contributed by atoms with Gasteiger partial charge in [-0.2, -0.15) is 0 Å². The number of hydrogen-bond donors (Lipinski definition) is 2. The third-order valence-corrected chi connectivity index (χ3v) is 4.35. The molecule has 0 amide bonds. The van der Waals surface area contributed by atoms with Crippen molar-refractivity contribution in [2.75, 3.05) is 13.7 Å². The standard InChI is InChI=1S/C11H17ClN2O4S/c1-7(2)10(6-18-3)14-19(16,17)8-4-9(12)11(15)13-5-8/h4-5,7,10,14H,6H2,1-3H3,(H,13,15). The molecule has 0 spiro atoms. The Morgan fingerprint density at radius 3 is 2.58 bits per heavy atom. The van der Waals surface area contributed by atoms with E-state index >= 15 is 0 Å². The number of hydrogen-bond acceptors (Lipinski definition) is 4. The number of methoxy groups -OCH3 is 1. The molecular weight excluding hydrogens is 292 g/mol. The van der Waals surface area contributed by atoms with E-state index in [1.54, 1.807) is 0 Å². The maximum atomic E-state index is 12.1. The van der Waals surface area contributed by atoms with Gasteiger partial charge in [-0.05, 0) is 12.0 Å². The fraction of sp³-hybridized carbons (Fsp3) is 0.545. The summed E-state index contributed by atoms with van der Waals surface area (Å²) in [6, 6.07) is 0.758. The van der Waals surface area contributed by atoms with Crippen LogP contribution in [0.5, 0.6) is 0 Å². The van der Waals surface area contributed by atoms with E-state index in [9.17, 15) is 13.2 Å². The number of nitrogens with one attached hydrogen (secondary N) is 2. The summed E-state index contributed by atoms with van der Waals surface area (Å²) < 4.78 is 31.8. The zero-order valence-corrected chi connectivity index (χ0v) is 12.5. The first-order chi connectivity index (χ1) is 8.77. The van der Waals surface area contributed by atoms with Crippen molar-refractivity contribution < 1.29 is 13.2 Å². The van der Waals surface area contributed by atoms with Gasteiger partial charge in [0.2, 0.25) is 10.0 Å². The van der Waals surface area contributed by atoms with Crippen LogP contribution in [0.25, 0.3) is 0 Å². The second-order valence-corrected chi connectivity index (χ2v) is 6.56. The summed E-state index contributed by atoms with van der Waals surface area (Å²) in [4.78, 5) is 13.3. The quantitative estimate of drug-likeness (QED) is 0.820. The SMILES string of the molecule is COCC(NS(=O)(=O)c1c[nH]c(=O)c(Cl)c1)C(C)C. The molecule has 8 heteroatoms. The lowest BCUT2D eigenvalue weighted by atomic mass is 10.1. The van der Waals surface area contributed by atoms with Crippen LogP contribution < -0.4 is 10.3 Å². The van der Waals surface area contributed by atoms with Gasteiger partial charge in [0.05, 0.1) is 11.5 Å². The van der Waals surface area contributed by atoms with Crippen molar-refractivity contribution in [3.05, 3.63) is 27.6 Å². The molecule has 0 bridgehead atoms. The van der Waals surface area contributed by atoms with E-state index in [-0.39, 0.29) is 28.5 Å². The molecule has 0 fully saturated rings. The van der Waals surface area contributed by atoms with Gasteiger partial charge < -0.3 is 9.72 Å². The summed E-state index contributed by atoms with van der Waals surface area (Å²) >= 11 is 5.62. The van der Waals surface area contributed by atoms with Crippen molar-refractivity contribution in [1.82, 2.24) is 9.71 Å². The number of pyridine rings is 1. The summed E-state index contributed by atoms with van der Waals surface area (Å²) in [5, 5.41) is -0.171. The second-order valence-electron chi connectivity index (χ2n) is 4.44. The Balaban J connectivity index is 3.03. The molecule has 1 atom stereocenters. The van der Waals surface area contributed by atoms with E-state index < -0.39 is 15.6 Å². The molecule has 2 N–H and O–H groups in total. The Morgan fingerprint density at radius 2 is 2.11 bits per heavy atom. The molecule has 0 aromatic carbocycles. The van der Waals surface area contributed by atoms with Crippen molar-refractivity contribution >= 4 is 21.6 Å². The van der Waals surface area contributed by atoms with Gasteiger partial charge in [-0.15, -0.1) is 0 Å². The summed E-state index contributed by atoms with van der Waals surface area (Å²) in [6.45, 7) is 4.02. The maximum Gasteiger partial charge on any atom is 0.266 e. The largest absolute Gasteiger partial charge is 0.383 e. The van der Waals surface area contributed by atoms with Gasteiger partial charge in [0.15, 0.2) is 0 Å². The lowest BCUT2D eigenvalue weighted by Gasteiger charge is -2.21. The highest BCUT2D eigenvalue weighted by Gasteiger charge is 2.23. The first-order valence-electron chi connectivity index (χ1n) is 5.67. The zero-order valence-electron chi connectivity index (χ0n) is 10.9. The third-order valence-electron chi connectivity index (χ3n) is 2.60. The second kappa shape index (κ2) is 6.51. The van der Waals surface area contributed by atoms with Crippen LogP contribution in [0.4, 0.5) is 0 Å². The van der Waals surface area contributed by atoms with Crippen LogP contribution in [-0.2, 0) is 14.8 Å². The molecule has 0 aliphatic carbocycles. The zero-order chi connectivity index (χ0) is 14.6. The molecule has 0 radical (unpaired) electrons. The molecule has 1 aromatic heterocycles. The monoisotopic (exact) mass is 308 g/mol. The molecule has 108 valence electrons. The van der Waals surface area contributed by atoms with E-state index in [4.69, 9.17) is 16.3 Å². The van der Waals surface area contributed by atoms with E-state index in [2.05, 4.69) is 9.71 Å². The molecule has 19 heavy (non-hydrogen) atoms. The number of aromatic amines is 1. The van der Waals surface area contributed by atoms with Crippen molar-refractivity contribution in [2.45, 2.75) is 24.8 Å². The fourth-order valence-electron chi connectivity index (χ4n) is 1.40. The average molecular weight is 309 g/mol. The van der Waals surface area contributed by atoms with E-state index in [0.717, 1.165) is 12.3 Å². The smallest absolute Gasteiger partial charge is 0.266 e. The van der Waals surface area contributed by atoms with Crippen molar-refractivity contribution in [1.29, 1.82) is 0 Å². The molecule has 0 saturated heterocycles. The minimum absolute atomic E-state index is 0.0629. The van der Waals surface area contributed by atoms with Crippen LogP contribution in [0.1, 0.15) is 13.8 Å². The fourth-order valence-corrected chi connectivity index (χ4v) is 3.00. The topological polar surface area (TPSA) is 88.3 Å². The molecule has 1 aromatic rings. The highest BCUT2D eigenvalue weighted by Crippen LogP contribution is 2.13. The highest BCUT2D eigenvalue weighted by molar-refractivity contribution is 7.89. The van der Waals surface area contributed by atoms with Gasteiger partial charge in [-0.1, -0.05) is 25.4 Å². The van der Waals surface area contributed by atoms with Gasteiger partial charge in [0.1, 0.15) is 5.02 Å². The molecule has 0 aliphatic rings. The Morgan fingerprint density at radius 1 is 1.47 bits per heavy atom. The Labute approximate surface area is 117 Å². The lowest BCUT2D eigenvalue weighted by molar-refractivity contribution is 0.157. The van der Waals surface area contributed by atoms with Crippen molar-refractivity contribution in [3.8, 4) is 0 Å². The lowest BCUT2D eigenvalue weighted by Crippen LogP contribution is -2.41. The molecule has 0 aliphatic heterocycles. The van der Waals surface area contributed by atoms with Gasteiger partial charge in [-0.3, -0.25) is 4.79 Å². The normalized spacial score (nSPS) is 13.7. The van der Waals surface area contributed by atoms with E-state index in [1.165, 1.54) is 7.11 Å². The molecule has 6 nitrogen and oxygen atoms in total. The van der Waals surface area contributed by atoms with Crippen molar-refractivity contribution in [2.24, 2.45) is 5.92 Å². The predicted molar refractivity (Wildman–Crippen MR) is 72.9 cm³/mol. The third kappa shape index (κ3) is 4.31. The van der Waals surface area contributed by atoms with Gasteiger partial charge >= 0.3 is 0 Å². The first-order valence-corrected chi connectivity index (χ1v) is 7.53. The molecule has 1 heterocycles. The number of rotatable bonds is 6. The van der Waals surface area contributed by atoms with Gasteiger partial charge in [0, 0.05) is 19.3 Å². The summed E-state index contributed by atoms with van der Waals surface area (Å²) in [5.41, 5.74) is -0.530. The number of ether oxygens (including phenoxy) is 1. The number of H-pyrrole nitrogens is 1. The van der Waals surface area contributed by atoms with Gasteiger partial charge in [0.25, 0.3) is 5.56 Å². The van der Waals surface area contributed by atoms with Crippen LogP contribution in [0, 0.1) is 5.92 Å². The summed E-state index contributed by atoms with van der Waals surface area (Å²) in [7, 11) is -2.25. The van der Waals surface area contributed by atoms with Crippen LogP contribution in [0.15, 0.2) is 22.0 Å². The average Bonchev–Trinajstić information content (AvgIpc) is 2.31. The Hall–Kier alpha value is -0.890. The number of sulfonamides is 1. The predicted octanol–water partition coefficient (Wildman–Crippen LogP) is 0.978.